The van der Waals surface area contributed by atoms with Crippen LogP contribution in [0.5, 0.6) is 0 Å². The fourth-order valence-electron chi connectivity index (χ4n) is 0.874. The minimum atomic E-state index is -2.56. The standard InChI is InChI=1S/C8H6F2N2/c1-5-6(2-11)3-12-4-7(5)8(9)10/h3-4,8H,1H3. The maximum absolute atomic E-state index is 12.2. The van der Waals surface area contributed by atoms with E-state index in [-0.39, 0.29) is 11.1 Å². The van der Waals surface area contributed by atoms with Crippen LogP contribution in [0.3, 0.4) is 0 Å². The first-order valence-electron chi connectivity index (χ1n) is 3.29. The van der Waals surface area contributed by atoms with Crippen molar-refractivity contribution in [1.82, 2.24) is 4.98 Å². The molecule has 0 spiro atoms. The van der Waals surface area contributed by atoms with Gasteiger partial charge in [0.25, 0.3) is 6.43 Å². The van der Waals surface area contributed by atoms with Crippen LogP contribution < -0.4 is 0 Å². The summed E-state index contributed by atoms with van der Waals surface area (Å²) in [5.74, 6) is 0. The van der Waals surface area contributed by atoms with Gasteiger partial charge in [0.1, 0.15) is 6.07 Å². The second kappa shape index (κ2) is 3.26. The molecule has 2 nitrogen and oxygen atoms in total. The summed E-state index contributed by atoms with van der Waals surface area (Å²) >= 11 is 0. The number of nitrogens with zero attached hydrogens (tertiary/aromatic N) is 2. The third-order valence-electron chi connectivity index (χ3n) is 1.61. The number of aromatic nitrogens is 1. The lowest BCUT2D eigenvalue weighted by molar-refractivity contribution is 0.150. The highest BCUT2D eigenvalue weighted by Crippen LogP contribution is 2.22. The first-order chi connectivity index (χ1) is 5.66. The molecule has 0 saturated heterocycles. The van der Waals surface area contributed by atoms with Crippen molar-refractivity contribution >= 4 is 0 Å². The van der Waals surface area contributed by atoms with Crippen LogP contribution in [0.2, 0.25) is 0 Å². The monoisotopic (exact) mass is 168 g/mol. The average molecular weight is 168 g/mol. The van der Waals surface area contributed by atoms with Gasteiger partial charge in [-0.15, -0.1) is 0 Å². The molecule has 0 N–H and O–H groups in total. The van der Waals surface area contributed by atoms with E-state index in [4.69, 9.17) is 5.26 Å². The van der Waals surface area contributed by atoms with Gasteiger partial charge in [0.05, 0.1) is 5.56 Å². The normalized spacial score (nSPS) is 9.92. The Labute approximate surface area is 68.5 Å². The van der Waals surface area contributed by atoms with Crippen LogP contribution in [0.4, 0.5) is 8.78 Å². The maximum atomic E-state index is 12.2. The zero-order valence-electron chi connectivity index (χ0n) is 6.38. The molecule has 1 heterocycles. The van der Waals surface area contributed by atoms with E-state index in [0.29, 0.717) is 5.56 Å². The molecule has 62 valence electrons. The minimum Gasteiger partial charge on any atom is -0.263 e. The highest BCUT2D eigenvalue weighted by Gasteiger charge is 2.12. The summed E-state index contributed by atoms with van der Waals surface area (Å²) in [5.41, 5.74) is 0.337. The first kappa shape index (κ1) is 8.60. The van der Waals surface area contributed by atoms with E-state index >= 15 is 0 Å². The zero-order valence-corrected chi connectivity index (χ0v) is 6.38. The van der Waals surface area contributed by atoms with E-state index in [9.17, 15) is 8.78 Å². The summed E-state index contributed by atoms with van der Waals surface area (Å²) < 4.78 is 24.4. The average Bonchev–Trinajstić information content (AvgIpc) is 2.04. The Morgan fingerprint density at radius 3 is 2.67 bits per heavy atom. The van der Waals surface area contributed by atoms with Crippen molar-refractivity contribution in [3.8, 4) is 6.07 Å². The van der Waals surface area contributed by atoms with Gasteiger partial charge in [-0.3, -0.25) is 4.98 Å². The lowest BCUT2D eigenvalue weighted by atomic mass is 10.1. The van der Waals surface area contributed by atoms with E-state index < -0.39 is 6.43 Å². The van der Waals surface area contributed by atoms with Crippen molar-refractivity contribution < 1.29 is 8.78 Å². The maximum Gasteiger partial charge on any atom is 0.265 e. The van der Waals surface area contributed by atoms with Crippen LogP contribution in [0.15, 0.2) is 12.4 Å². The Kier molecular flexibility index (Phi) is 2.34. The van der Waals surface area contributed by atoms with Gasteiger partial charge in [-0.05, 0) is 12.5 Å². The predicted octanol–water partition coefficient (Wildman–Crippen LogP) is 2.20. The molecule has 0 aliphatic rings. The fourth-order valence-corrected chi connectivity index (χ4v) is 0.874. The smallest absolute Gasteiger partial charge is 0.263 e. The number of halogens is 2. The quantitative estimate of drug-likeness (QED) is 0.644. The molecule has 0 aromatic carbocycles. The Morgan fingerprint density at radius 1 is 1.50 bits per heavy atom. The van der Waals surface area contributed by atoms with Gasteiger partial charge in [0.15, 0.2) is 0 Å². The molecule has 0 radical (unpaired) electrons. The van der Waals surface area contributed by atoms with Crippen molar-refractivity contribution in [2.75, 3.05) is 0 Å². The number of hydrogen-bond donors (Lipinski definition) is 0. The Bertz CT molecular complexity index is 328. The van der Waals surface area contributed by atoms with Crippen molar-refractivity contribution in [2.24, 2.45) is 0 Å². The molecular formula is C8H6F2N2. The molecule has 4 heteroatoms. The van der Waals surface area contributed by atoms with E-state index in [1.807, 2.05) is 0 Å². The molecule has 0 atom stereocenters. The minimum absolute atomic E-state index is 0.172. The van der Waals surface area contributed by atoms with Gasteiger partial charge < -0.3 is 0 Å². The van der Waals surface area contributed by atoms with E-state index in [1.165, 1.54) is 13.1 Å². The molecule has 0 aliphatic heterocycles. The van der Waals surface area contributed by atoms with E-state index in [2.05, 4.69) is 4.98 Å². The molecule has 0 saturated carbocycles. The van der Waals surface area contributed by atoms with Crippen molar-refractivity contribution in [3.63, 3.8) is 0 Å². The topological polar surface area (TPSA) is 36.7 Å². The third-order valence-corrected chi connectivity index (χ3v) is 1.61. The number of nitriles is 1. The highest BCUT2D eigenvalue weighted by molar-refractivity contribution is 5.39. The van der Waals surface area contributed by atoms with Gasteiger partial charge in [-0.2, -0.15) is 5.26 Å². The molecule has 0 fully saturated rings. The molecule has 0 bridgehead atoms. The summed E-state index contributed by atoms with van der Waals surface area (Å²) in [7, 11) is 0. The van der Waals surface area contributed by atoms with Gasteiger partial charge in [-0.25, -0.2) is 8.78 Å². The first-order valence-corrected chi connectivity index (χ1v) is 3.29. The number of hydrogen-bond acceptors (Lipinski definition) is 2. The van der Waals surface area contributed by atoms with E-state index in [0.717, 1.165) is 6.20 Å². The van der Waals surface area contributed by atoms with Crippen LogP contribution in [0.25, 0.3) is 0 Å². The summed E-state index contributed by atoms with van der Waals surface area (Å²) in [6, 6.07) is 1.79. The van der Waals surface area contributed by atoms with Gasteiger partial charge >= 0.3 is 0 Å². The number of pyridine rings is 1. The molecular weight excluding hydrogens is 162 g/mol. The Hall–Kier alpha value is -1.50. The summed E-state index contributed by atoms with van der Waals surface area (Å²) in [4.78, 5) is 3.54. The van der Waals surface area contributed by atoms with Gasteiger partial charge in [0, 0.05) is 18.0 Å². The predicted molar refractivity (Wildman–Crippen MR) is 38.6 cm³/mol. The molecule has 0 unspecified atom stereocenters. The van der Waals surface area contributed by atoms with Crippen LogP contribution in [-0.4, -0.2) is 4.98 Å². The van der Waals surface area contributed by atoms with Crippen molar-refractivity contribution in [1.29, 1.82) is 5.26 Å². The fraction of sp³-hybridized carbons (Fsp3) is 0.250. The van der Waals surface area contributed by atoms with Crippen LogP contribution in [0, 0.1) is 18.3 Å². The van der Waals surface area contributed by atoms with Crippen LogP contribution >= 0.6 is 0 Å². The largest absolute Gasteiger partial charge is 0.265 e. The summed E-state index contributed by atoms with van der Waals surface area (Å²) in [6.45, 7) is 1.49. The molecule has 12 heavy (non-hydrogen) atoms. The van der Waals surface area contributed by atoms with Crippen molar-refractivity contribution in [2.45, 2.75) is 13.3 Å². The summed E-state index contributed by atoms with van der Waals surface area (Å²) in [5, 5.41) is 8.49. The van der Waals surface area contributed by atoms with Crippen molar-refractivity contribution in [3.05, 3.63) is 29.1 Å². The molecule has 1 aromatic heterocycles. The highest BCUT2D eigenvalue weighted by atomic mass is 19.3. The second-order valence-corrected chi connectivity index (χ2v) is 2.31. The lowest BCUT2D eigenvalue weighted by Crippen LogP contribution is -1.94. The number of rotatable bonds is 1. The Morgan fingerprint density at radius 2 is 2.17 bits per heavy atom. The van der Waals surface area contributed by atoms with Crippen LogP contribution in [-0.2, 0) is 0 Å². The lowest BCUT2D eigenvalue weighted by Gasteiger charge is -2.03. The Balaban J connectivity index is 3.25. The summed E-state index contributed by atoms with van der Waals surface area (Å²) in [6.07, 6.45) is -0.201. The molecule has 1 aromatic rings. The molecule has 0 amide bonds. The zero-order chi connectivity index (χ0) is 9.14. The van der Waals surface area contributed by atoms with Gasteiger partial charge in [-0.1, -0.05) is 0 Å². The second-order valence-electron chi connectivity index (χ2n) is 2.31. The molecule has 0 aliphatic carbocycles. The molecule has 1 rings (SSSR count). The van der Waals surface area contributed by atoms with E-state index in [1.54, 1.807) is 6.07 Å². The number of alkyl halides is 2. The van der Waals surface area contributed by atoms with Crippen LogP contribution in [0.1, 0.15) is 23.1 Å². The van der Waals surface area contributed by atoms with Gasteiger partial charge in [0.2, 0.25) is 0 Å². The SMILES string of the molecule is Cc1c(C#N)cncc1C(F)F. The third kappa shape index (κ3) is 1.40.